The molecule has 1 N–H and O–H groups in total. The molecule has 7 heteroatoms. The second kappa shape index (κ2) is 6.72. The summed E-state index contributed by atoms with van der Waals surface area (Å²) < 4.78 is 8.49. The molecular formula is C23H17ClN4OS. The number of ether oxygens (including phenoxy) is 1. The molecule has 2 atom stereocenters. The fourth-order valence-electron chi connectivity index (χ4n) is 4.19. The minimum atomic E-state index is -0.232. The van der Waals surface area contributed by atoms with Crippen molar-refractivity contribution >= 4 is 34.6 Å². The summed E-state index contributed by atoms with van der Waals surface area (Å²) in [6.07, 6.45) is 1.35. The Labute approximate surface area is 182 Å². The summed E-state index contributed by atoms with van der Waals surface area (Å²) in [4.78, 5) is 5.60. The predicted octanol–water partition coefficient (Wildman–Crippen LogP) is 5.86. The number of thiophene rings is 1. The topological polar surface area (TPSA) is 52.0 Å². The molecule has 148 valence electrons. The summed E-state index contributed by atoms with van der Waals surface area (Å²) in [5.74, 6) is 1.51. The molecule has 30 heavy (non-hydrogen) atoms. The SMILES string of the molecule is Cc1ccc([C@@H]2C3=C(Nc4ncnn42)c2cc(Cl)ccc2O[C@H]3c2cccs2)cc1. The third kappa shape index (κ3) is 2.68. The molecule has 0 radical (unpaired) electrons. The summed E-state index contributed by atoms with van der Waals surface area (Å²) in [5, 5.41) is 10.8. The Balaban J connectivity index is 1.64. The lowest BCUT2D eigenvalue weighted by Crippen LogP contribution is -2.32. The Kier molecular flexibility index (Phi) is 3.97. The largest absolute Gasteiger partial charge is 0.480 e. The molecule has 6 rings (SSSR count). The number of aromatic nitrogens is 3. The van der Waals surface area contributed by atoms with E-state index in [-0.39, 0.29) is 12.1 Å². The van der Waals surface area contributed by atoms with E-state index in [1.165, 1.54) is 5.56 Å². The van der Waals surface area contributed by atoms with Gasteiger partial charge in [-0.3, -0.25) is 0 Å². The highest BCUT2D eigenvalue weighted by atomic mass is 35.5. The summed E-state index contributed by atoms with van der Waals surface area (Å²) >= 11 is 8.04. The molecule has 0 aliphatic carbocycles. The number of aryl methyl sites for hydroxylation is 1. The van der Waals surface area contributed by atoms with Crippen molar-refractivity contribution in [2.24, 2.45) is 0 Å². The summed E-state index contributed by atoms with van der Waals surface area (Å²) in [5.41, 5.74) is 5.39. The zero-order valence-corrected chi connectivity index (χ0v) is 17.6. The van der Waals surface area contributed by atoms with Gasteiger partial charge < -0.3 is 10.1 Å². The van der Waals surface area contributed by atoms with Crippen molar-refractivity contribution in [2.45, 2.75) is 19.1 Å². The Morgan fingerprint density at radius 2 is 2.00 bits per heavy atom. The van der Waals surface area contributed by atoms with Crippen LogP contribution in [0.1, 0.15) is 33.7 Å². The maximum atomic E-state index is 6.56. The molecule has 0 unspecified atom stereocenters. The van der Waals surface area contributed by atoms with Crippen LogP contribution >= 0.6 is 22.9 Å². The van der Waals surface area contributed by atoms with Gasteiger partial charge in [-0.15, -0.1) is 11.3 Å². The van der Waals surface area contributed by atoms with Crippen LogP contribution in [0.4, 0.5) is 5.95 Å². The second-order valence-electron chi connectivity index (χ2n) is 7.45. The highest BCUT2D eigenvalue weighted by Gasteiger charge is 2.41. The van der Waals surface area contributed by atoms with E-state index in [1.54, 1.807) is 17.7 Å². The number of anilines is 1. The molecule has 5 nitrogen and oxygen atoms in total. The van der Waals surface area contributed by atoms with Gasteiger partial charge in [0.25, 0.3) is 0 Å². The Bertz CT molecular complexity index is 1280. The zero-order valence-electron chi connectivity index (χ0n) is 16.0. The molecule has 4 aromatic rings. The second-order valence-corrected chi connectivity index (χ2v) is 8.87. The van der Waals surface area contributed by atoms with E-state index >= 15 is 0 Å². The van der Waals surface area contributed by atoms with Crippen LogP contribution in [0.3, 0.4) is 0 Å². The first kappa shape index (κ1) is 17.7. The van der Waals surface area contributed by atoms with Crippen molar-refractivity contribution in [1.29, 1.82) is 0 Å². The molecule has 2 aromatic heterocycles. The van der Waals surface area contributed by atoms with Gasteiger partial charge in [0.05, 0.1) is 5.70 Å². The van der Waals surface area contributed by atoms with Gasteiger partial charge >= 0.3 is 0 Å². The van der Waals surface area contributed by atoms with E-state index in [0.29, 0.717) is 11.0 Å². The van der Waals surface area contributed by atoms with E-state index in [9.17, 15) is 0 Å². The molecule has 0 fully saturated rings. The Morgan fingerprint density at radius 1 is 1.13 bits per heavy atom. The smallest absolute Gasteiger partial charge is 0.226 e. The van der Waals surface area contributed by atoms with Crippen molar-refractivity contribution < 1.29 is 4.74 Å². The van der Waals surface area contributed by atoms with Crippen molar-refractivity contribution in [3.63, 3.8) is 0 Å². The Morgan fingerprint density at radius 3 is 2.80 bits per heavy atom. The normalized spacial score (nSPS) is 19.4. The monoisotopic (exact) mass is 432 g/mol. The maximum absolute atomic E-state index is 6.56. The molecule has 0 spiro atoms. The minimum Gasteiger partial charge on any atom is -0.480 e. The van der Waals surface area contributed by atoms with Gasteiger partial charge in [-0.1, -0.05) is 47.5 Å². The lowest BCUT2D eigenvalue weighted by molar-refractivity contribution is 0.226. The average Bonchev–Trinajstić information content (AvgIpc) is 3.44. The third-order valence-corrected chi connectivity index (χ3v) is 6.72. The predicted molar refractivity (Wildman–Crippen MR) is 119 cm³/mol. The van der Waals surface area contributed by atoms with Crippen LogP contribution in [0.5, 0.6) is 5.75 Å². The van der Waals surface area contributed by atoms with Crippen molar-refractivity contribution in [3.05, 3.63) is 98.5 Å². The first-order chi connectivity index (χ1) is 14.7. The van der Waals surface area contributed by atoms with Gasteiger partial charge in [-0.2, -0.15) is 10.1 Å². The molecule has 2 aliphatic rings. The summed E-state index contributed by atoms with van der Waals surface area (Å²) in [7, 11) is 0. The number of benzene rings is 2. The zero-order chi connectivity index (χ0) is 20.2. The molecule has 0 bridgehead atoms. The van der Waals surface area contributed by atoms with Crippen molar-refractivity contribution in [3.8, 4) is 5.75 Å². The van der Waals surface area contributed by atoms with Crippen molar-refractivity contribution in [1.82, 2.24) is 14.8 Å². The fourth-order valence-corrected chi connectivity index (χ4v) is 5.13. The van der Waals surface area contributed by atoms with Gasteiger partial charge in [0.2, 0.25) is 5.95 Å². The van der Waals surface area contributed by atoms with Crippen LogP contribution in [0.15, 0.2) is 71.9 Å². The number of fused-ring (bicyclic) bond motifs is 3. The number of nitrogens with zero attached hydrogens (tertiary/aromatic N) is 3. The van der Waals surface area contributed by atoms with E-state index in [1.807, 2.05) is 22.9 Å². The third-order valence-electron chi connectivity index (χ3n) is 5.57. The number of rotatable bonds is 2. The molecule has 4 heterocycles. The van der Waals surface area contributed by atoms with Crippen LogP contribution in [0.2, 0.25) is 5.02 Å². The van der Waals surface area contributed by atoms with E-state index in [2.05, 4.69) is 64.1 Å². The number of halogens is 1. The molecule has 2 aliphatic heterocycles. The number of nitrogens with one attached hydrogen (secondary N) is 1. The number of hydrogen-bond acceptors (Lipinski definition) is 5. The number of hydrogen-bond donors (Lipinski definition) is 1. The van der Waals surface area contributed by atoms with E-state index in [0.717, 1.165) is 33.0 Å². The first-order valence-electron chi connectivity index (χ1n) is 9.66. The van der Waals surface area contributed by atoms with Gasteiger partial charge in [0, 0.05) is 21.0 Å². The van der Waals surface area contributed by atoms with Crippen LogP contribution in [0, 0.1) is 6.92 Å². The van der Waals surface area contributed by atoms with Crippen molar-refractivity contribution in [2.75, 3.05) is 5.32 Å². The maximum Gasteiger partial charge on any atom is 0.226 e. The summed E-state index contributed by atoms with van der Waals surface area (Å²) in [6.45, 7) is 2.09. The standard InChI is InChI=1S/C23H17ClN4OS/c1-13-4-6-14(7-5-13)21-19-20(27-23-25-12-26-28(21)23)16-11-15(24)8-9-17(16)29-22(19)18-3-2-10-30-18/h2-12,21-22H,1H3,(H,25,26,27)/t21-,22+/m1/s1. The van der Waals surface area contributed by atoms with Crippen LogP contribution in [-0.4, -0.2) is 14.8 Å². The molecular weight excluding hydrogens is 416 g/mol. The minimum absolute atomic E-state index is 0.140. The van der Waals surface area contributed by atoms with E-state index in [4.69, 9.17) is 16.3 Å². The first-order valence-corrected chi connectivity index (χ1v) is 10.9. The molecule has 0 saturated heterocycles. The van der Waals surface area contributed by atoms with Gasteiger partial charge in [-0.25, -0.2) is 4.68 Å². The van der Waals surface area contributed by atoms with Gasteiger partial charge in [-0.05, 0) is 42.1 Å². The van der Waals surface area contributed by atoms with Crippen LogP contribution in [0.25, 0.3) is 5.70 Å². The molecule has 2 aromatic carbocycles. The van der Waals surface area contributed by atoms with Crippen LogP contribution in [-0.2, 0) is 0 Å². The fraction of sp³-hybridized carbons (Fsp3) is 0.130. The highest BCUT2D eigenvalue weighted by Crippen LogP contribution is 2.51. The average molecular weight is 433 g/mol. The molecule has 0 amide bonds. The van der Waals surface area contributed by atoms with Crippen LogP contribution < -0.4 is 10.1 Å². The van der Waals surface area contributed by atoms with Gasteiger partial charge in [0.15, 0.2) is 6.10 Å². The molecule has 0 saturated carbocycles. The van der Waals surface area contributed by atoms with E-state index < -0.39 is 0 Å². The van der Waals surface area contributed by atoms with Gasteiger partial charge in [0.1, 0.15) is 18.1 Å². The quantitative estimate of drug-likeness (QED) is 0.431. The lowest BCUT2D eigenvalue weighted by atomic mass is 9.86. The lowest BCUT2D eigenvalue weighted by Gasteiger charge is -2.38. The highest BCUT2D eigenvalue weighted by molar-refractivity contribution is 7.10. The summed E-state index contributed by atoms with van der Waals surface area (Å²) in [6, 6.07) is 18.3. The Hall–Kier alpha value is -3.09.